The fraction of sp³-hybridized carbons (Fsp3) is 0.300. The molecule has 15 heavy (non-hydrogen) atoms. The van der Waals surface area contributed by atoms with Gasteiger partial charge in [-0.15, -0.1) is 0 Å². The number of hydrogen-bond donors (Lipinski definition) is 2. The van der Waals surface area contributed by atoms with Gasteiger partial charge in [0.25, 0.3) is 0 Å². The van der Waals surface area contributed by atoms with Gasteiger partial charge in [0.15, 0.2) is 0 Å². The number of anilines is 1. The molecule has 0 aliphatic heterocycles. The van der Waals surface area contributed by atoms with Gasteiger partial charge in [0.2, 0.25) is 0 Å². The first kappa shape index (κ1) is 11.8. The molecule has 0 radical (unpaired) electrons. The van der Waals surface area contributed by atoms with Gasteiger partial charge in [0, 0.05) is 4.47 Å². The number of nitrogen functional groups attached to an aromatic ring is 1. The Balaban J connectivity index is 3.23. The van der Waals surface area contributed by atoms with Crippen molar-refractivity contribution in [2.24, 2.45) is 0 Å². The maximum atomic E-state index is 10.8. The van der Waals surface area contributed by atoms with Crippen LogP contribution in [0.5, 0.6) is 5.75 Å². The van der Waals surface area contributed by atoms with E-state index in [0.717, 1.165) is 0 Å². The van der Waals surface area contributed by atoms with Crippen LogP contribution in [0.1, 0.15) is 18.4 Å². The number of nitrogens with two attached hydrogens (primary N) is 1. The fourth-order valence-electron chi connectivity index (χ4n) is 1.24. The van der Waals surface area contributed by atoms with Gasteiger partial charge in [0.1, 0.15) is 5.75 Å². The molecule has 0 heterocycles. The second-order valence-electron chi connectivity index (χ2n) is 3.14. The topological polar surface area (TPSA) is 72.5 Å². The number of methoxy groups -OCH3 is 1. The molecule has 82 valence electrons. The van der Waals surface area contributed by atoms with Gasteiger partial charge in [0.05, 0.1) is 18.7 Å². The minimum atomic E-state index is -0.889. The van der Waals surface area contributed by atoms with Crippen LogP contribution in [0.2, 0.25) is 0 Å². The lowest BCUT2D eigenvalue weighted by Gasteiger charge is -2.13. The molecule has 3 N–H and O–H groups in total. The molecular formula is C10H12BrNO3. The number of rotatable bonds is 3. The molecule has 0 amide bonds. The van der Waals surface area contributed by atoms with Gasteiger partial charge in [-0.25, -0.2) is 0 Å². The van der Waals surface area contributed by atoms with Gasteiger partial charge in [-0.05, 0) is 34.5 Å². The maximum absolute atomic E-state index is 10.8. The number of halogens is 1. The van der Waals surface area contributed by atoms with Gasteiger partial charge >= 0.3 is 5.97 Å². The average molecular weight is 274 g/mol. The van der Waals surface area contributed by atoms with E-state index in [2.05, 4.69) is 15.9 Å². The molecule has 1 aromatic rings. The molecule has 0 saturated heterocycles. The summed E-state index contributed by atoms with van der Waals surface area (Å²) < 4.78 is 5.60. The number of ether oxygens (including phenoxy) is 1. The van der Waals surface area contributed by atoms with Gasteiger partial charge in [-0.2, -0.15) is 0 Å². The van der Waals surface area contributed by atoms with Crippen LogP contribution in [0.25, 0.3) is 0 Å². The average Bonchev–Trinajstić information content (AvgIpc) is 2.21. The van der Waals surface area contributed by atoms with Crippen LogP contribution in [0, 0.1) is 0 Å². The zero-order valence-electron chi connectivity index (χ0n) is 8.45. The van der Waals surface area contributed by atoms with Crippen LogP contribution >= 0.6 is 15.9 Å². The summed E-state index contributed by atoms with van der Waals surface area (Å²) in [5.41, 5.74) is 6.83. The van der Waals surface area contributed by atoms with E-state index < -0.39 is 11.9 Å². The summed E-state index contributed by atoms with van der Waals surface area (Å²) in [6.07, 6.45) is 0. The Morgan fingerprint density at radius 3 is 2.67 bits per heavy atom. The lowest BCUT2D eigenvalue weighted by atomic mass is 10.0. The Morgan fingerprint density at radius 2 is 2.20 bits per heavy atom. The second kappa shape index (κ2) is 4.53. The summed E-state index contributed by atoms with van der Waals surface area (Å²) in [5, 5.41) is 8.88. The number of carboxylic acids is 1. The predicted octanol–water partition coefficient (Wildman–Crippen LogP) is 2.23. The standard InChI is InChI=1S/C10H12BrNO3/c1-5(10(13)14)6-3-4-7(15-2)9(12)8(6)11/h3-5H,12H2,1-2H3,(H,13,14)/t5-/m0/s1. The van der Waals surface area contributed by atoms with Crippen molar-refractivity contribution in [3.05, 3.63) is 22.2 Å². The zero-order chi connectivity index (χ0) is 11.6. The summed E-state index contributed by atoms with van der Waals surface area (Å²) in [6, 6.07) is 3.35. The molecule has 1 atom stereocenters. The largest absolute Gasteiger partial charge is 0.495 e. The first-order chi connectivity index (χ1) is 6.99. The number of benzene rings is 1. The highest BCUT2D eigenvalue weighted by Crippen LogP contribution is 2.36. The number of hydrogen-bond acceptors (Lipinski definition) is 3. The van der Waals surface area contributed by atoms with E-state index in [1.165, 1.54) is 7.11 Å². The van der Waals surface area contributed by atoms with E-state index >= 15 is 0 Å². The Labute approximate surface area is 96.2 Å². The van der Waals surface area contributed by atoms with Crippen molar-refractivity contribution < 1.29 is 14.6 Å². The van der Waals surface area contributed by atoms with Crippen LogP contribution in [-0.2, 0) is 4.79 Å². The Hall–Kier alpha value is -1.23. The van der Waals surface area contributed by atoms with E-state index in [1.807, 2.05) is 0 Å². The second-order valence-corrected chi connectivity index (χ2v) is 3.94. The van der Waals surface area contributed by atoms with E-state index in [-0.39, 0.29) is 0 Å². The summed E-state index contributed by atoms with van der Waals surface area (Å²) in [7, 11) is 1.51. The lowest BCUT2D eigenvalue weighted by molar-refractivity contribution is -0.138. The SMILES string of the molecule is COc1ccc([C@H](C)C(=O)O)c(Br)c1N. The van der Waals surface area contributed by atoms with E-state index in [1.54, 1.807) is 19.1 Å². The molecule has 0 fully saturated rings. The van der Waals surface area contributed by atoms with Crippen molar-refractivity contribution >= 4 is 27.6 Å². The van der Waals surface area contributed by atoms with Crippen LogP contribution in [0.4, 0.5) is 5.69 Å². The predicted molar refractivity (Wildman–Crippen MR) is 61.2 cm³/mol. The third kappa shape index (κ3) is 2.23. The van der Waals surface area contributed by atoms with Crippen molar-refractivity contribution in [3.63, 3.8) is 0 Å². The van der Waals surface area contributed by atoms with Gasteiger partial charge < -0.3 is 15.6 Å². The molecular weight excluding hydrogens is 262 g/mol. The Kier molecular flexibility index (Phi) is 3.57. The molecule has 0 bridgehead atoms. The van der Waals surface area contributed by atoms with Crippen LogP contribution in [0.3, 0.4) is 0 Å². The number of carboxylic acid groups (broad SMARTS) is 1. The van der Waals surface area contributed by atoms with E-state index in [9.17, 15) is 4.79 Å². The summed E-state index contributed by atoms with van der Waals surface area (Å²) >= 11 is 3.27. The van der Waals surface area contributed by atoms with Crippen molar-refractivity contribution in [3.8, 4) is 5.75 Å². The van der Waals surface area contributed by atoms with Gasteiger partial charge in [-0.3, -0.25) is 4.79 Å². The van der Waals surface area contributed by atoms with Crippen LogP contribution in [0.15, 0.2) is 16.6 Å². The summed E-state index contributed by atoms with van der Waals surface area (Å²) in [6.45, 7) is 1.61. The first-order valence-electron chi connectivity index (χ1n) is 4.33. The fourth-order valence-corrected chi connectivity index (χ4v) is 1.91. The monoisotopic (exact) mass is 273 g/mol. The van der Waals surface area contributed by atoms with Gasteiger partial charge in [-0.1, -0.05) is 6.07 Å². The van der Waals surface area contributed by atoms with Crippen LogP contribution in [-0.4, -0.2) is 18.2 Å². The molecule has 0 spiro atoms. The maximum Gasteiger partial charge on any atom is 0.310 e. The highest BCUT2D eigenvalue weighted by molar-refractivity contribution is 9.10. The molecule has 0 aromatic heterocycles. The smallest absolute Gasteiger partial charge is 0.310 e. The molecule has 1 aromatic carbocycles. The van der Waals surface area contributed by atoms with Crippen LogP contribution < -0.4 is 10.5 Å². The Bertz CT molecular complexity index is 392. The third-order valence-electron chi connectivity index (χ3n) is 2.23. The molecule has 5 heteroatoms. The van der Waals surface area contributed by atoms with E-state index in [4.69, 9.17) is 15.6 Å². The minimum absolute atomic E-state index is 0.420. The molecule has 1 rings (SSSR count). The quantitative estimate of drug-likeness (QED) is 0.829. The van der Waals surface area contributed by atoms with Crippen molar-refractivity contribution in [2.45, 2.75) is 12.8 Å². The molecule has 0 saturated carbocycles. The highest BCUT2D eigenvalue weighted by atomic mass is 79.9. The highest BCUT2D eigenvalue weighted by Gasteiger charge is 2.19. The summed E-state index contributed by atoms with van der Waals surface area (Å²) in [5.74, 6) is -0.962. The molecule has 0 aliphatic rings. The Morgan fingerprint density at radius 1 is 1.60 bits per heavy atom. The first-order valence-corrected chi connectivity index (χ1v) is 5.13. The minimum Gasteiger partial charge on any atom is -0.495 e. The number of carbonyl (C=O) groups is 1. The lowest BCUT2D eigenvalue weighted by Crippen LogP contribution is -2.09. The van der Waals surface area contributed by atoms with Crippen molar-refractivity contribution in [2.75, 3.05) is 12.8 Å². The van der Waals surface area contributed by atoms with Crippen molar-refractivity contribution in [1.29, 1.82) is 0 Å². The molecule has 0 unspecified atom stereocenters. The zero-order valence-corrected chi connectivity index (χ0v) is 10.0. The van der Waals surface area contributed by atoms with E-state index in [0.29, 0.717) is 21.5 Å². The normalized spacial score (nSPS) is 12.2. The van der Waals surface area contributed by atoms with Crippen molar-refractivity contribution in [1.82, 2.24) is 0 Å². The molecule has 0 aliphatic carbocycles. The third-order valence-corrected chi connectivity index (χ3v) is 3.11. The summed E-state index contributed by atoms with van der Waals surface area (Å²) in [4.78, 5) is 10.8. The number of aliphatic carboxylic acids is 1. The molecule has 4 nitrogen and oxygen atoms in total.